The number of alkyl halides is 3. The monoisotopic (exact) mass is 406 g/mol. The molecule has 2 heterocycles. The van der Waals surface area contributed by atoms with Crippen LogP contribution in [0.1, 0.15) is 18.4 Å². The molecule has 1 aromatic heterocycles. The Morgan fingerprint density at radius 2 is 1.89 bits per heavy atom. The van der Waals surface area contributed by atoms with Gasteiger partial charge in [-0.15, -0.1) is 24.5 Å². The second-order valence-electron chi connectivity index (χ2n) is 6.95. The maximum Gasteiger partial charge on any atom is 0.573 e. The number of hydrogen-bond acceptors (Lipinski definition) is 4. The number of piperidine rings is 1. The molecule has 1 N–H and O–H groups in total. The highest BCUT2D eigenvalue weighted by Gasteiger charge is 2.31. The number of rotatable bonds is 5. The first-order valence-corrected chi connectivity index (χ1v) is 10.2. The molecular weight excluding hydrogens is 385 g/mol. The number of nitrogens with one attached hydrogen (secondary N) is 1. The predicted octanol–water partition coefficient (Wildman–Crippen LogP) is 5.56. The van der Waals surface area contributed by atoms with Gasteiger partial charge in [-0.25, -0.2) is 0 Å². The molecule has 0 radical (unpaired) electrons. The smallest absolute Gasteiger partial charge is 0.406 e. The average molecular weight is 406 g/mol. The third-order valence-corrected chi connectivity index (χ3v) is 5.90. The number of benzene rings is 2. The third kappa shape index (κ3) is 4.59. The van der Waals surface area contributed by atoms with Gasteiger partial charge in [0.05, 0.1) is 0 Å². The fourth-order valence-electron chi connectivity index (χ4n) is 3.72. The molecule has 1 saturated heterocycles. The number of fused-ring (bicyclic) bond motifs is 1. The van der Waals surface area contributed by atoms with Crippen LogP contribution in [-0.2, 0) is 6.54 Å². The van der Waals surface area contributed by atoms with E-state index in [-0.39, 0.29) is 5.75 Å². The van der Waals surface area contributed by atoms with Crippen molar-refractivity contribution in [2.45, 2.75) is 31.8 Å². The minimum atomic E-state index is -4.68. The maximum absolute atomic E-state index is 12.6. The second-order valence-corrected chi connectivity index (χ2v) is 7.89. The molecule has 3 aromatic rings. The van der Waals surface area contributed by atoms with Crippen LogP contribution in [0.5, 0.6) is 5.75 Å². The number of hydrogen-bond donors (Lipinski definition) is 1. The Labute approximate surface area is 165 Å². The van der Waals surface area contributed by atoms with Crippen molar-refractivity contribution in [2.75, 3.05) is 18.0 Å². The molecule has 1 aliphatic rings. The predicted molar refractivity (Wildman–Crippen MR) is 107 cm³/mol. The van der Waals surface area contributed by atoms with Crippen LogP contribution in [0.3, 0.4) is 0 Å². The zero-order valence-corrected chi connectivity index (χ0v) is 16.0. The van der Waals surface area contributed by atoms with Crippen LogP contribution < -0.4 is 15.0 Å². The van der Waals surface area contributed by atoms with Crippen LogP contribution in [0.2, 0.25) is 0 Å². The summed E-state index contributed by atoms with van der Waals surface area (Å²) >= 11 is 1.70. The van der Waals surface area contributed by atoms with Gasteiger partial charge in [0.2, 0.25) is 0 Å². The molecule has 4 rings (SSSR count). The number of halogens is 3. The lowest BCUT2D eigenvalue weighted by atomic mass is 10.0. The van der Waals surface area contributed by atoms with E-state index >= 15 is 0 Å². The summed E-state index contributed by atoms with van der Waals surface area (Å²) in [5.41, 5.74) is 1.89. The van der Waals surface area contributed by atoms with Gasteiger partial charge in [0.25, 0.3) is 0 Å². The highest BCUT2D eigenvalue weighted by atomic mass is 32.1. The highest BCUT2D eigenvalue weighted by molar-refractivity contribution is 7.17. The van der Waals surface area contributed by atoms with Crippen LogP contribution in [0, 0.1) is 0 Å². The van der Waals surface area contributed by atoms with Gasteiger partial charge in [-0.2, -0.15) is 0 Å². The molecule has 0 bridgehead atoms. The van der Waals surface area contributed by atoms with Gasteiger partial charge in [-0.05, 0) is 78.7 Å². The number of thiophene rings is 1. The topological polar surface area (TPSA) is 24.5 Å². The lowest BCUT2D eigenvalue weighted by molar-refractivity contribution is -0.274. The van der Waals surface area contributed by atoms with Gasteiger partial charge < -0.3 is 15.0 Å². The largest absolute Gasteiger partial charge is 0.573 e. The van der Waals surface area contributed by atoms with E-state index in [9.17, 15) is 13.2 Å². The van der Waals surface area contributed by atoms with Crippen LogP contribution in [0.4, 0.5) is 18.9 Å². The van der Waals surface area contributed by atoms with Crippen molar-refractivity contribution in [3.8, 4) is 5.75 Å². The summed E-state index contributed by atoms with van der Waals surface area (Å²) in [4.78, 5) is 2.31. The molecule has 0 atom stereocenters. The second kappa shape index (κ2) is 8.01. The SMILES string of the molecule is FC(F)(F)Oc1cccc(CN(c2ccc3sccc3c2)C2CCNCC2)c1. The summed E-state index contributed by atoms with van der Waals surface area (Å²) in [6, 6.07) is 15.1. The molecule has 0 saturated carbocycles. The molecule has 0 amide bonds. The van der Waals surface area contributed by atoms with E-state index in [0.717, 1.165) is 37.2 Å². The van der Waals surface area contributed by atoms with Gasteiger partial charge in [0, 0.05) is 23.0 Å². The molecule has 28 heavy (non-hydrogen) atoms. The van der Waals surface area contributed by atoms with Crippen molar-refractivity contribution in [1.29, 1.82) is 0 Å². The van der Waals surface area contributed by atoms with Crippen molar-refractivity contribution in [3.63, 3.8) is 0 Å². The molecule has 148 valence electrons. The van der Waals surface area contributed by atoms with E-state index in [1.54, 1.807) is 17.4 Å². The first kappa shape index (κ1) is 19.1. The van der Waals surface area contributed by atoms with Gasteiger partial charge >= 0.3 is 6.36 Å². The van der Waals surface area contributed by atoms with E-state index in [0.29, 0.717) is 12.6 Å². The number of ether oxygens (including phenoxy) is 1. The number of nitrogens with zero attached hydrogens (tertiary/aromatic N) is 1. The van der Waals surface area contributed by atoms with Crippen molar-refractivity contribution in [1.82, 2.24) is 5.32 Å². The zero-order chi connectivity index (χ0) is 19.6. The van der Waals surface area contributed by atoms with Crippen molar-refractivity contribution < 1.29 is 17.9 Å². The van der Waals surface area contributed by atoms with Crippen LogP contribution in [0.15, 0.2) is 53.9 Å². The van der Waals surface area contributed by atoms with Crippen molar-refractivity contribution in [2.24, 2.45) is 0 Å². The summed E-state index contributed by atoms with van der Waals surface area (Å²) in [6.45, 7) is 2.42. The molecule has 0 spiro atoms. The van der Waals surface area contributed by atoms with Crippen molar-refractivity contribution in [3.05, 3.63) is 59.5 Å². The molecular formula is C21H21F3N2OS. The first-order valence-electron chi connectivity index (χ1n) is 9.27. The Kier molecular flexibility index (Phi) is 5.46. The quantitative estimate of drug-likeness (QED) is 0.601. The Bertz CT molecular complexity index is 935. The fourth-order valence-corrected chi connectivity index (χ4v) is 4.49. The van der Waals surface area contributed by atoms with E-state index in [1.165, 1.54) is 22.2 Å². The number of anilines is 1. The first-order chi connectivity index (χ1) is 13.5. The summed E-state index contributed by atoms with van der Waals surface area (Å²) < 4.78 is 43.0. The van der Waals surface area contributed by atoms with Crippen LogP contribution in [-0.4, -0.2) is 25.5 Å². The molecule has 3 nitrogen and oxygen atoms in total. The van der Waals surface area contributed by atoms with E-state index in [1.807, 2.05) is 6.07 Å². The average Bonchev–Trinajstić information content (AvgIpc) is 3.13. The van der Waals surface area contributed by atoms with E-state index in [4.69, 9.17) is 0 Å². The zero-order valence-electron chi connectivity index (χ0n) is 15.2. The van der Waals surface area contributed by atoms with Gasteiger partial charge in [0.15, 0.2) is 0 Å². The fraction of sp³-hybridized carbons (Fsp3) is 0.333. The summed E-state index contributed by atoms with van der Waals surface area (Å²) in [6.07, 6.45) is -2.68. The normalized spacial score (nSPS) is 15.7. The van der Waals surface area contributed by atoms with Gasteiger partial charge in [-0.1, -0.05) is 12.1 Å². The third-order valence-electron chi connectivity index (χ3n) is 5.00. The molecule has 0 aliphatic carbocycles. The summed E-state index contributed by atoms with van der Waals surface area (Å²) in [5.74, 6) is -0.177. The van der Waals surface area contributed by atoms with E-state index < -0.39 is 6.36 Å². The molecule has 0 unspecified atom stereocenters. The molecule has 2 aromatic carbocycles. The maximum atomic E-state index is 12.6. The van der Waals surface area contributed by atoms with Gasteiger partial charge in [0.1, 0.15) is 5.75 Å². The van der Waals surface area contributed by atoms with Crippen molar-refractivity contribution >= 4 is 27.1 Å². The molecule has 1 fully saturated rings. The lowest BCUT2D eigenvalue weighted by Gasteiger charge is -2.36. The summed E-state index contributed by atoms with van der Waals surface area (Å²) in [7, 11) is 0. The van der Waals surface area contributed by atoms with Crippen LogP contribution in [0.25, 0.3) is 10.1 Å². The Hall–Kier alpha value is -2.25. The molecule has 1 aliphatic heterocycles. The minimum absolute atomic E-state index is 0.177. The molecule has 7 heteroatoms. The Morgan fingerprint density at radius 1 is 1.07 bits per heavy atom. The Balaban J connectivity index is 1.63. The Morgan fingerprint density at radius 3 is 2.68 bits per heavy atom. The highest BCUT2D eigenvalue weighted by Crippen LogP contribution is 2.31. The van der Waals surface area contributed by atoms with Crippen LogP contribution >= 0.6 is 11.3 Å². The standard InChI is InChI=1S/C21H21F3N2OS/c22-21(23,24)27-19-3-1-2-15(12-19)14-26(17-6-9-25-10-7-17)18-4-5-20-16(13-18)8-11-28-20/h1-5,8,11-13,17,25H,6-7,9-10,14H2. The van der Waals surface area contributed by atoms with E-state index in [2.05, 4.69) is 44.6 Å². The van der Waals surface area contributed by atoms with Gasteiger partial charge in [-0.3, -0.25) is 0 Å². The summed E-state index contributed by atoms with van der Waals surface area (Å²) in [5, 5.41) is 6.64. The lowest BCUT2D eigenvalue weighted by Crippen LogP contribution is -2.43. The minimum Gasteiger partial charge on any atom is -0.406 e.